The first kappa shape index (κ1) is 19.0. The van der Waals surface area contributed by atoms with E-state index in [1.807, 2.05) is 12.1 Å². The Morgan fingerprint density at radius 1 is 1.27 bits per heavy atom. The highest BCUT2D eigenvalue weighted by Crippen LogP contribution is 2.09. The van der Waals surface area contributed by atoms with Crippen molar-refractivity contribution in [3.8, 4) is 0 Å². The van der Waals surface area contributed by atoms with Gasteiger partial charge in [0.25, 0.3) is 0 Å². The topological polar surface area (TPSA) is 49.6 Å². The first-order chi connectivity index (χ1) is 10.0. The molecule has 2 aromatic heterocycles. The Labute approximate surface area is 153 Å². The fraction of sp³-hybridized carbons (Fsp3) is 0.438. The van der Waals surface area contributed by atoms with Crippen molar-refractivity contribution in [2.75, 3.05) is 6.54 Å². The van der Waals surface area contributed by atoms with Crippen molar-refractivity contribution in [2.45, 2.75) is 39.3 Å². The van der Waals surface area contributed by atoms with Crippen LogP contribution in [0.3, 0.4) is 0 Å². The van der Waals surface area contributed by atoms with Crippen molar-refractivity contribution >= 4 is 41.3 Å². The van der Waals surface area contributed by atoms with Gasteiger partial charge in [-0.2, -0.15) is 0 Å². The SMILES string of the molecule is CC(C)(C)NC(=NCc1cccs1)NCCc1ccco1.I. The standard InChI is InChI=1S/C16H23N3OS.HI/c1-16(2,3)19-15(18-12-14-7-5-11-21-14)17-9-8-13-6-4-10-20-13;/h4-7,10-11H,8-9,12H2,1-3H3,(H2,17,18,19);1H. The number of rotatable bonds is 5. The Balaban J connectivity index is 0.00000242. The molecule has 22 heavy (non-hydrogen) atoms. The second kappa shape index (κ2) is 9.19. The number of thiophene rings is 1. The second-order valence-corrected chi connectivity index (χ2v) is 6.91. The zero-order valence-corrected chi connectivity index (χ0v) is 16.4. The molecule has 0 atom stereocenters. The summed E-state index contributed by atoms with van der Waals surface area (Å²) in [6, 6.07) is 8.05. The van der Waals surface area contributed by atoms with Crippen LogP contribution in [0.4, 0.5) is 0 Å². The summed E-state index contributed by atoms with van der Waals surface area (Å²) in [5.74, 6) is 1.82. The van der Waals surface area contributed by atoms with E-state index in [2.05, 4.69) is 53.9 Å². The molecule has 0 amide bonds. The van der Waals surface area contributed by atoms with E-state index >= 15 is 0 Å². The highest BCUT2D eigenvalue weighted by atomic mass is 127. The molecule has 0 spiro atoms. The maximum Gasteiger partial charge on any atom is 0.192 e. The number of furan rings is 1. The molecule has 0 fully saturated rings. The molecule has 0 aliphatic carbocycles. The molecular formula is C16H24IN3OS. The Kier molecular flexibility index (Phi) is 7.95. The Morgan fingerprint density at radius 2 is 2.09 bits per heavy atom. The molecule has 0 radical (unpaired) electrons. The van der Waals surface area contributed by atoms with Crippen molar-refractivity contribution in [1.82, 2.24) is 10.6 Å². The summed E-state index contributed by atoms with van der Waals surface area (Å²) < 4.78 is 5.34. The predicted octanol–water partition coefficient (Wildman–Crippen LogP) is 4.04. The highest BCUT2D eigenvalue weighted by Gasteiger charge is 2.12. The van der Waals surface area contributed by atoms with Gasteiger partial charge in [-0.1, -0.05) is 6.07 Å². The molecule has 0 aromatic carbocycles. The molecule has 2 rings (SSSR count). The number of nitrogens with zero attached hydrogens (tertiary/aromatic N) is 1. The summed E-state index contributed by atoms with van der Waals surface area (Å²) in [6.07, 6.45) is 2.55. The molecule has 0 saturated carbocycles. The molecule has 0 aliphatic rings. The third kappa shape index (κ3) is 7.31. The quantitative estimate of drug-likeness (QED) is 0.425. The summed E-state index contributed by atoms with van der Waals surface area (Å²) in [6.45, 7) is 7.87. The van der Waals surface area contributed by atoms with Gasteiger partial charge in [-0.25, -0.2) is 4.99 Å². The van der Waals surface area contributed by atoms with Crippen molar-refractivity contribution in [3.63, 3.8) is 0 Å². The van der Waals surface area contributed by atoms with Crippen LogP contribution in [-0.2, 0) is 13.0 Å². The number of guanidine groups is 1. The second-order valence-electron chi connectivity index (χ2n) is 5.88. The van der Waals surface area contributed by atoms with Crippen LogP contribution in [-0.4, -0.2) is 18.0 Å². The van der Waals surface area contributed by atoms with Crippen molar-refractivity contribution in [1.29, 1.82) is 0 Å². The molecule has 2 heterocycles. The fourth-order valence-corrected chi connectivity index (χ4v) is 2.44. The molecule has 0 bridgehead atoms. The summed E-state index contributed by atoms with van der Waals surface area (Å²) in [7, 11) is 0. The predicted molar refractivity (Wildman–Crippen MR) is 104 cm³/mol. The zero-order valence-electron chi connectivity index (χ0n) is 13.3. The maximum absolute atomic E-state index is 5.34. The summed E-state index contributed by atoms with van der Waals surface area (Å²) in [4.78, 5) is 5.90. The van der Waals surface area contributed by atoms with Gasteiger partial charge in [0.2, 0.25) is 0 Å². The Bertz CT molecular complexity index is 544. The van der Waals surface area contributed by atoms with E-state index in [4.69, 9.17) is 4.42 Å². The van der Waals surface area contributed by atoms with E-state index in [0.29, 0.717) is 6.54 Å². The summed E-state index contributed by atoms with van der Waals surface area (Å²) >= 11 is 1.73. The first-order valence-corrected chi connectivity index (χ1v) is 8.02. The van der Waals surface area contributed by atoms with E-state index in [1.165, 1.54) is 4.88 Å². The lowest BCUT2D eigenvalue weighted by molar-refractivity contribution is 0.492. The van der Waals surface area contributed by atoms with Gasteiger partial charge in [-0.05, 0) is 44.4 Å². The van der Waals surface area contributed by atoms with E-state index < -0.39 is 0 Å². The van der Waals surface area contributed by atoms with Crippen LogP contribution in [0.25, 0.3) is 0 Å². The molecule has 0 unspecified atom stereocenters. The van der Waals surface area contributed by atoms with E-state index in [1.54, 1.807) is 17.6 Å². The highest BCUT2D eigenvalue weighted by molar-refractivity contribution is 14.0. The van der Waals surface area contributed by atoms with Gasteiger partial charge < -0.3 is 15.1 Å². The Morgan fingerprint density at radius 3 is 2.68 bits per heavy atom. The third-order valence-electron chi connectivity index (χ3n) is 2.71. The summed E-state index contributed by atoms with van der Waals surface area (Å²) in [5, 5.41) is 8.85. The lowest BCUT2D eigenvalue weighted by Gasteiger charge is -2.24. The number of halogens is 1. The first-order valence-electron chi connectivity index (χ1n) is 7.14. The number of hydrogen-bond acceptors (Lipinski definition) is 3. The van der Waals surface area contributed by atoms with Gasteiger partial charge >= 0.3 is 0 Å². The molecule has 6 heteroatoms. The van der Waals surface area contributed by atoms with Gasteiger partial charge in [0.15, 0.2) is 5.96 Å². The Hall–Kier alpha value is -1.02. The summed E-state index contributed by atoms with van der Waals surface area (Å²) in [5.41, 5.74) is -0.0219. The van der Waals surface area contributed by atoms with Gasteiger partial charge in [0, 0.05) is 23.4 Å². The molecule has 2 aromatic rings. The van der Waals surface area contributed by atoms with Crippen LogP contribution in [0.15, 0.2) is 45.3 Å². The van der Waals surface area contributed by atoms with Crippen molar-refractivity contribution in [3.05, 3.63) is 46.5 Å². The van der Waals surface area contributed by atoms with E-state index in [9.17, 15) is 0 Å². The molecule has 2 N–H and O–H groups in total. The minimum atomic E-state index is -0.0219. The third-order valence-corrected chi connectivity index (χ3v) is 3.57. The smallest absolute Gasteiger partial charge is 0.192 e. The van der Waals surface area contributed by atoms with E-state index in [-0.39, 0.29) is 29.5 Å². The van der Waals surface area contributed by atoms with Crippen LogP contribution >= 0.6 is 35.3 Å². The molecular weight excluding hydrogens is 409 g/mol. The van der Waals surface area contributed by atoms with Crippen LogP contribution in [0.5, 0.6) is 0 Å². The molecule has 4 nitrogen and oxygen atoms in total. The lowest BCUT2D eigenvalue weighted by atomic mass is 10.1. The van der Waals surface area contributed by atoms with E-state index in [0.717, 1.165) is 24.7 Å². The molecule has 0 aliphatic heterocycles. The van der Waals surface area contributed by atoms with Gasteiger partial charge in [0.05, 0.1) is 12.8 Å². The maximum atomic E-state index is 5.34. The van der Waals surface area contributed by atoms with Crippen molar-refractivity contribution < 1.29 is 4.42 Å². The van der Waals surface area contributed by atoms with Gasteiger partial charge in [-0.15, -0.1) is 35.3 Å². The number of nitrogens with one attached hydrogen (secondary N) is 2. The average Bonchev–Trinajstić information content (AvgIpc) is 3.07. The minimum absolute atomic E-state index is 0. The fourth-order valence-electron chi connectivity index (χ4n) is 1.81. The monoisotopic (exact) mass is 433 g/mol. The number of aliphatic imine (C=N–C) groups is 1. The average molecular weight is 433 g/mol. The van der Waals surface area contributed by atoms with Crippen LogP contribution in [0, 0.1) is 0 Å². The largest absolute Gasteiger partial charge is 0.469 e. The minimum Gasteiger partial charge on any atom is -0.469 e. The molecule has 0 saturated heterocycles. The van der Waals surface area contributed by atoms with Crippen molar-refractivity contribution in [2.24, 2.45) is 4.99 Å². The lowest BCUT2D eigenvalue weighted by Crippen LogP contribution is -2.48. The van der Waals surface area contributed by atoms with Crippen LogP contribution in [0.2, 0.25) is 0 Å². The van der Waals surface area contributed by atoms with Gasteiger partial charge in [0.1, 0.15) is 5.76 Å². The van der Waals surface area contributed by atoms with Crippen LogP contribution in [0.1, 0.15) is 31.4 Å². The molecule has 122 valence electrons. The number of hydrogen-bond donors (Lipinski definition) is 2. The van der Waals surface area contributed by atoms with Crippen LogP contribution < -0.4 is 10.6 Å². The zero-order chi connectivity index (χ0) is 15.1. The van der Waals surface area contributed by atoms with Gasteiger partial charge in [-0.3, -0.25) is 0 Å². The normalized spacial score (nSPS) is 11.9.